The highest BCUT2D eigenvalue weighted by molar-refractivity contribution is 6.05. The number of carbonyl (C=O) groups is 4. The number of piperidine rings is 1. The fourth-order valence-electron chi connectivity index (χ4n) is 4.05. The number of nitrogens with one attached hydrogen (secondary N) is 1. The Morgan fingerprint density at radius 3 is 2.82 bits per heavy atom. The van der Waals surface area contributed by atoms with Gasteiger partial charge in [0.25, 0.3) is 5.91 Å². The van der Waals surface area contributed by atoms with Crippen LogP contribution in [-0.4, -0.2) is 59.2 Å². The first-order chi connectivity index (χ1) is 18.9. The molecule has 34 heavy (non-hydrogen) atoms. The van der Waals surface area contributed by atoms with Crippen LogP contribution in [0.3, 0.4) is 0 Å². The molecular weight excluding hydrogens is 438 g/mol. The van der Waals surface area contributed by atoms with E-state index in [0.29, 0.717) is 5.56 Å². The Bertz CT molecular complexity index is 1440. The van der Waals surface area contributed by atoms with E-state index in [4.69, 9.17) is 17.7 Å². The van der Waals surface area contributed by atoms with Gasteiger partial charge in [-0.15, -0.1) is 0 Å². The number of hydrogen-bond donors (Lipinski definition) is 1. The Morgan fingerprint density at radius 1 is 1.15 bits per heavy atom. The lowest BCUT2D eigenvalue weighted by Crippen LogP contribution is -2.52. The highest BCUT2D eigenvalue weighted by Gasteiger charge is 2.40. The molecule has 2 atom stereocenters. The topological polar surface area (TPSA) is 105 Å². The monoisotopic (exact) mass is 469 g/mol. The summed E-state index contributed by atoms with van der Waals surface area (Å²) in [5.41, 5.74) is 0.00507. The van der Waals surface area contributed by atoms with Crippen molar-refractivity contribution in [1.82, 2.24) is 15.1 Å². The summed E-state index contributed by atoms with van der Waals surface area (Å²) < 4.78 is 61.7. The fourth-order valence-corrected chi connectivity index (χ4v) is 4.05. The Balaban J connectivity index is 1.41. The number of ether oxygens (including phenoxy) is 2. The predicted octanol–water partition coefficient (Wildman–Crippen LogP) is 1.39. The minimum absolute atomic E-state index is 0.0127. The predicted molar refractivity (Wildman–Crippen MR) is 119 cm³/mol. The van der Waals surface area contributed by atoms with Crippen LogP contribution in [0.2, 0.25) is 0 Å². The smallest absolute Gasteiger partial charge is 0.255 e. The van der Waals surface area contributed by atoms with Crippen molar-refractivity contribution in [3.05, 3.63) is 64.6 Å². The minimum atomic E-state index is -2.49. The maximum atomic E-state index is 13.1. The van der Waals surface area contributed by atoms with Gasteiger partial charge < -0.3 is 19.3 Å². The van der Waals surface area contributed by atoms with Crippen LogP contribution < -0.4 is 10.1 Å². The van der Waals surface area contributed by atoms with Crippen molar-refractivity contribution >= 4 is 23.6 Å². The molecule has 3 heterocycles. The molecule has 2 saturated heterocycles. The highest BCUT2D eigenvalue weighted by Crippen LogP contribution is 2.34. The maximum absolute atomic E-state index is 13.1. The van der Waals surface area contributed by atoms with Crippen LogP contribution in [0.15, 0.2) is 42.4 Å². The summed E-state index contributed by atoms with van der Waals surface area (Å²) in [4.78, 5) is 51.4. The average molecular weight is 470 g/mol. The number of imide groups is 1. The van der Waals surface area contributed by atoms with Crippen LogP contribution >= 0.6 is 0 Å². The molecule has 3 aliphatic rings. The van der Waals surface area contributed by atoms with Gasteiger partial charge in [0.05, 0.1) is 21.4 Å². The van der Waals surface area contributed by atoms with E-state index in [1.165, 1.54) is 17.0 Å². The van der Waals surface area contributed by atoms with E-state index in [9.17, 15) is 19.2 Å². The normalized spacial score (nSPS) is 24.3. The third-order valence-electron chi connectivity index (χ3n) is 5.79. The number of rotatable bonds is 6. The second-order valence-corrected chi connectivity index (χ2v) is 7.99. The lowest BCUT2D eigenvalue weighted by molar-refractivity contribution is -0.143. The van der Waals surface area contributed by atoms with Gasteiger partial charge in [-0.3, -0.25) is 24.5 Å². The molecule has 0 bridgehead atoms. The van der Waals surface area contributed by atoms with Gasteiger partial charge in [-0.05, 0) is 29.7 Å². The average Bonchev–Trinajstić information content (AvgIpc) is 3.23. The summed E-state index contributed by atoms with van der Waals surface area (Å²) >= 11 is 0. The number of carbonyl (C=O) groups excluding carboxylic acids is 4. The molecule has 0 saturated carbocycles. The largest absolute Gasteiger partial charge is 0.489 e. The quantitative estimate of drug-likeness (QED) is 0.641. The first-order valence-electron chi connectivity index (χ1n) is 13.8. The van der Waals surface area contributed by atoms with Gasteiger partial charge in [-0.25, -0.2) is 0 Å². The molecule has 9 heteroatoms. The number of morpholine rings is 1. The number of nitrogens with zero attached hydrogens (tertiary/aromatic N) is 2. The molecule has 2 unspecified atom stereocenters. The van der Waals surface area contributed by atoms with Gasteiger partial charge in [0.15, 0.2) is 0 Å². The third-order valence-corrected chi connectivity index (χ3v) is 5.79. The van der Waals surface area contributed by atoms with E-state index in [1.807, 2.05) is 0 Å². The summed E-state index contributed by atoms with van der Waals surface area (Å²) in [6.07, 6.45) is 0.268. The summed E-state index contributed by atoms with van der Waals surface area (Å²) in [7, 11) is 0. The molecule has 0 aromatic heterocycles. The zero-order chi connectivity index (χ0) is 28.9. The SMILES string of the molecule is [2H]c1cc(C([2H])([2H])N2CCOCC2=O)c([2H])c([2H])c1C([2H])Oc1cccc2c1CN(C1CCC(=O)NC1=O)C2=O. The van der Waals surface area contributed by atoms with Gasteiger partial charge in [-0.2, -0.15) is 0 Å². The summed E-state index contributed by atoms with van der Waals surface area (Å²) in [6.45, 7) is -4.46. The number of benzene rings is 2. The number of fused-ring (bicyclic) bond motifs is 1. The zero-order valence-electron chi connectivity index (χ0n) is 24.1. The van der Waals surface area contributed by atoms with Crippen LogP contribution in [0.1, 0.15) is 48.1 Å². The molecule has 2 fully saturated rings. The molecule has 2 aromatic carbocycles. The highest BCUT2D eigenvalue weighted by atomic mass is 16.5. The van der Waals surface area contributed by atoms with E-state index in [1.54, 1.807) is 6.07 Å². The molecule has 0 radical (unpaired) electrons. The molecule has 9 nitrogen and oxygen atoms in total. The molecule has 3 aliphatic heterocycles. The summed E-state index contributed by atoms with van der Waals surface area (Å²) in [5.74, 6) is -1.93. The van der Waals surface area contributed by atoms with Crippen molar-refractivity contribution in [3.63, 3.8) is 0 Å². The van der Waals surface area contributed by atoms with Crippen molar-refractivity contribution < 1.29 is 36.9 Å². The Morgan fingerprint density at radius 2 is 2.00 bits per heavy atom. The Hall–Kier alpha value is -3.72. The molecule has 176 valence electrons. The second kappa shape index (κ2) is 9.26. The summed E-state index contributed by atoms with van der Waals surface area (Å²) in [6, 6.07) is 3.16. The first kappa shape index (κ1) is 16.0. The molecular formula is C25H25N3O6. The number of amides is 4. The van der Waals surface area contributed by atoms with Crippen molar-refractivity contribution in [1.29, 1.82) is 0 Å². The van der Waals surface area contributed by atoms with Gasteiger partial charge in [0.1, 0.15) is 25.0 Å². The summed E-state index contributed by atoms with van der Waals surface area (Å²) in [5, 5.41) is 2.23. The lowest BCUT2D eigenvalue weighted by Gasteiger charge is -2.29. The van der Waals surface area contributed by atoms with E-state index < -0.39 is 60.9 Å². The fraction of sp³-hybridized carbons (Fsp3) is 0.360. The van der Waals surface area contributed by atoms with Gasteiger partial charge >= 0.3 is 0 Å². The van der Waals surface area contributed by atoms with E-state index in [0.717, 1.165) is 11.0 Å². The Kier molecular flexibility index (Phi) is 4.36. The second-order valence-electron chi connectivity index (χ2n) is 7.99. The van der Waals surface area contributed by atoms with Crippen LogP contribution in [0, 0.1) is 0 Å². The Labute approximate surface area is 205 Å². The van der Waals surface area contributed by atoms with Gasteiger partial charge in [-0.1, -0.05) is 30.3 Å². The molecule has 1 N–H and O–H groups in total. The minimum Gasteiger partial charge on any atom is -0.489 e. The van der Waals surface area contributed by atoms with Crippen LogP contribution in [0.5, 0.6) is 5.75 Å². The standard InChI is InChI=1S/C25H25N3O6/c29-22-9-8-20(24(31)26-22)28-13-19-18(25(28)32)2-1-3-21(19)34-14-17-6-4-16(5-7-17)12-27-10-11-33-15-23(27)30/h1-7,20H,8-15H2,(H,26,29,31)/i4D,6D,7D,12D2,14D. The molecule has 5 rings (SSSR count). The molecule has 0 spiro atoms. The third kappa shape index (κ3) is 4.38. The first-order valence-corrected chi connectivity index (χ1v) is 10.8. The van der Waals surface area contributed by atoms with Crippen molar-refractivity contribution in [2.75, 3.05) is 19.8 Å². The van der Waals surface area contributed by atoms with E-state index in [2.05, 4.69) is 5.32 Å². The van der Waals surface area contributed by atoms with E-state index >= 15 is 0 Å². The maximum Gasteiger partial charge on any atom is 0.255 e. The van der Waals surface area contributed by atoms with Crippen LogP contribution in [0.25, 0.3) is 0 Å². The molecule has 4 amide bonds. The molecule has 2 aromatic rings. The van der Waals surface area contributed by atoms with Crippen molar-refractivity contribution in [2.24, 2.45) is 0 Å². The lowest BCUT2D eigenvalue weighted by atomic mass is 10.0. The van der Waals surface area contributed by atoms with Crippen molar-refractivity contribution in [3.8, 4) is 5.75 Å². The van der Waals surface area contributed by atoms with Crippen molar-refractivity contribution in [2.45, 2.75) is 38.5 Å². The van der Waals surface area contributed by atoms with Gasteiger partial charge in [0.2, 0.25) is 17.7 Å². The van der Waals surface area contributed by atoms with E-state index in [-0.39, 0.29) is 61.6 Å². The number of hydrogen-bond acceptors (Lipinski definition) is 6. The molecule has 0 aliphatic carbocycles. The van der Waals surface area contributed by atoms with Crippen LogP contribution in [0.4, 0.5) is 0 Å². The van der Waals surface area contributed by atoms with Crippen LogP contribution in [-0.2, 0) is 38.7 Å². The zero-order valence-corrected chi connectivity index (χ0v) is 18.1. The van der Waals surface area contributed by atoms with Gasteiger partial charge in [0, 0.05) is 30.6 Å².